The highest BCUT2D eigenvalue weighted by molar-refractivity contribution is 4.88. The Morgan fingerprint density at radius 2 is 1.87 bits per heavy atom. The summed E-state index contributed by atoms with van der Waals surface area (Å²) in [4.78, 5) is 5.27. The predicted octanol–water partition coefficient (Wildman–Crippen LogP) is 0.892. The fourth-order valence-corrected chi connectivity index (χ4v) is 2.94. The average molecular weight is 211 g/mol. The van der Waals surface area contributed by atoms with Crippen LogP contribution in [0, 0.1) is 0 Å². The zero-order valence-corrected chi connectivity index (χ0v) is 10.2. The maximum Gasteiger partial charge on any atom is 0.0223 e. The topological polar surface area (TPSA) is 32.5 Å². The predicted molar refractivity (Wildman–Crippen MR) is 63.9 cm³/mol. The van der Waals surface area contributed by atoms with Gasteiger partial charge in [0.15, 0.2) is 0 Å². The van der Waals surface area contributed by atoms with Crippen LogP contribution in [0.25, 0.3) is 0 Å². The molecule has 3 atom stereocenters. The van der Waals surface area contributed by atoms with E-state index in [2.05, 4.69) is 23.6 Å². The van der Waals surface area contributed by atoms with Crippen molar-refractivity contribution in [3.63, 3.8) is 0 Å². The molecule has 3 unspecified atom stereocenters. The highest BCUT2D eigenvalue weighted by Crippen LogP contribution is 2.22. The first kappa shape index (κ1) is 11.4. The number of hydrogen-bond acceptors (Lipinski definition) is 3. The van der Waals surface area contributed by atoms with Crippen LogP contribution in [-0.2, 0) is 0 Å². The Balaban J connectivity index is 1.96. The van der Waals surface area contributed by atoms with Crippen molar-refractivity contribution in [3.8, 4) is 0 Å². The van der Waals surface area contributed by atoms with Gasteiger partial charge >= 0.3 is 0 Å². The Hall–Kier alpha value is -0.120. The van der Waals surface area contributed by atoms with Gasteiger partial charge in [-0.2, -0.15) is 0 Å². The third-order valence-electron chi connectivity index (χ3n) is 4.17. The normalized spacial score (nSPS) is 33.4. The minimum absolute atomic E-state index is 0.290. The van der Waals surface area contributed by atoms with Crippen LogP contribution in [0.5, 0.6) is 0 Å². The Labute approximate surface area is 93.6 Å². The van der Waals surface area contributed by atoms with Gasteiger partial charge in [-0.3, -0.25) is 9.80 Å². The highest BCUT2D eigenvalue weighted by atomic mass is 15.3. The smallest absolute Gasteiger partial charge is 0.0223 e. The molecule has 0 aromatic heterocycles. The van der Waals surface area contributed by atoms with Crippen LogP contribution in [0.3, 0.4) is 0 Å². The van der Waals surface area contributed by atoms with E-state index in [1.54, 1.807) is 0 Å². The van der Waals surface area contributed by atoms with Crippen molar-refractivity contribution >= 4 is 0 Å². The summed E-state index contributed by atoms with van der Waals surface area (Å²) >= 11 is 0. The van der Waals surface area contributed by atoms with Crippen molar-refractivity contribution in [2.45, 2.75) is 51.2 Å². The summed E-state index contributed by atoms with van der Waals surface area (Å²) in [5, 5.41) is 0. The minimum atomic E-state index is 0.290. The van der Waals surface area contributed by atoms with E-state index in [4.69, 9.17) is 5.73 Å². The summed E-state index contributed by atoms with van der Waals surface area (Å²) in [6.07, 6.45) is 4.10. The van der Waals surface area contributed by atoms with Crippen LogP contribution in [-0.4, -0.2) is 54.1 Å². The molecule has 0 bridgehead atoms. The van der Waals surface area contributed by atoms with Crippen molar-refractivity contribution in [1.82, 2.24) is 9.80 Å². The van der Waals surface area contributed by atoms with Crippen molar-refractivity contribution in [3.05, 3.63) is 0 Å². The van der Waals surface area contributed by atoms with Crippen molar-refractivity contribution in [1.29, 1.82) is 0 Å². The lowest BCUT2D eigenvalue weighted by molar-refractivity contribution is 0.167. The molecule has 2 aliphatic heterocycles. The molecule has 2 N–H and O–H groups in total. The van der Waals surface area contributed by atoms with Gasteiger partial charge in [-0.15, -0.1) is 0 Å². The van der Waals surface area contributed by atoms with Gasteiger partial charge in [-0.05, 0) is 52.7 Å². The molecule has 2 rings (SSSR count). The van der Waals surface area contributed by atoms with Crippen LogP contribution in [0.15, 0.2) is 0 Å². The molecular formula is C12H25N3. The van der Waals surface area contributed by atoms with Crippen molar-refractivity contribution in [2.75, 3.05) is 26.2 Å². The van der Waals surface area contributed by atoms with Crippen molar-refractivity contribution in [2.24, 2.45) is 5.73 Å². The zero-order chi connectivity index (χ0) is 10.8. The van der Waals surface area contributed by atoms with Gasteiger partial charge in [-0.25, -0.2) is 0 Å². The van der Waals surface area contributed by atoms with E-state index in [1.807, 2.05) is 0 Å². The molecule has 2 fully saturated rings. The lowest BCUT2D eigenvalue weighted by Crippen LogP contribution is -2.47. The summed E-state index contributed by atoms with van der Waals surface area (Å²) in [5.74, 6) is 0. The van der Waals surface area contributed by atoms with E-state index in [0.29, 0.717) is 6.04 Å². The number of hydrogen-bond donors (Lipinski definition) is 1. The van der Waals surface area contributed by atoms with Gasteiger partial charge in [0.05, 0.1) is 0 Å². The molecule has 0 aromatic rings. The second kappa shape index (κ2) is 4.81. The molecule has 0 spiro atoms. The molecule has 0 radical (unpaired) electrons. The van der Waals surface area contributed by atoms with Crippen LogP contribution >= 0.6 is 0 Å². The fraction of sp³-hybridized carbons (Fsp3) is 1.00. The first-order valence-corrected chi connectivity index (χ1v) is 6.42. The van der Waals surface area contributed by atoms with Gasteiger partial charge in [0.2, 0.25) is 0 Å². The maximum atomic E-state index is 6.00. The van der Waals surface area contributed by atoms with Crippen LogP contribution < -0.4 is 5.73 Å². The monoisotopic (exact) mass is 211 g/mol. The molecule has 88 valence electrons. The number of nitrogens with two attached hydrogens (primary N) is 1. The highest BCUT2D eigenvalue weighted by Gasteiger charge is 2.30. The summed E-state index contributed by atoms with van der Waals surface area (Å²) in [6, 6.07) is 1.64. The quantitative estimate of drug-likeness (QED) is 0.736. The molecule has 3 heteroatoms. The van der Waals surface area contributed by atoms with Crippen LogP contribution in [0.4, 0.5) is 0 Å². The van der Waals surface area contributed by atoms with Gasteiger partial charge < -0.3 is 5.73 Å². The third-order valence-corrected chi connectivity index (χ3v) is 4.17. The molecule has 0 aromatic carbocycles. The molecule has 2 heterocycles. The van der Waals surface area contributed by atoms with Gasteiger partial charge in [0.1, 0.15) is 0 Å². The summed E-state index contributed by atoms with van der Waals surface area (Å²) in [5.41, 5.74) is 6.00. The lowest BCUT2D eigenvalue weighted by Gasteiger charge is -2.32. The maximum absolute atomic E-state index is 6.00. The Bertz CT molecular complexity index is 205. The Morgan fingerprint density at radius 3 is 2.60 bits per heavy atom. The first-order valence-electron chi connectivity index (χ1n) is 6.42. The summed E-state index contributed by atoms with van der Waals surface area (Å²) in [6.45, 7) is 9.49. The average Bonchev–Trinajstić information content (AvgIpc) is 2.54. The first-order chi connectivity index (χ1) is 7.18. The molecule has 0 amide bonds. The summed E-state index contributed by atoms with van der Waals surface area (Å²) < 4.78 is 0. The number of rotatable bonds is 2. The van der Waals surface area contributed by atoms with E-state index in [1.165, 1.54) is 45.4 Å². The Morgan fingerprint density at radius 1 is 1.13 bits per heavy atom. The van der Waals surface area contributed by atoms with Gasteiger partial charge in [0, 0.05) is 24.7 Å². The SMILES string of the molecule is CC(N)C(C)N1CCCN2CCCC2C1. The largest absolute Gasteiger partial charge is 0.327 e. The third kappa shape index (κ3) is 2.52. The van der Waals surface area contributed by atoms with Crippen LogP contribution in [0.1, 0.15) is 33.1 Å². The molecule has 15 heavy (non-hydrogen) atoms. The number of fused-ring (bicyclic) bond motifs is 1. The van der Waals surface area contributed by atoms with E-state index >= 15 is 0 Å². The number of nitrogens with zero attached hydrogens (tertiary/aromatic N) is 2. The van der Waals surface area contributed by atoms with E-state index < -0.39 is 0 Å². The molecule has 0 saturated carbocycles. The van der Waals surface area contributed by atoms with Crippen LogP contribution in [0.2, 0.25) is 0 Å². The zero-order valence-electron chi connectivity index (χ0n) is 10.2. The van der Waals surface area contributed by atoms with E-state index in [9.17, 15) is 0 Å². The molecule has 3 nitrogen and oxygen atoms in total. The van der Waals surface area contributed by atoms with Gasteiger partial charge in [-0.1, -0.05) is 0 Å². The second-order valence-corrected chi connectivity index (χ2v) is 5.28. The second-order valence-electron chi connectivity index (χ2n) is 5.28. The molecule has 2 saturated heterocycles. The molecule has 0 aliphatic carbocycles. The summed E-state index contributed by atoms with van der Waals surface area (Å²) in [7, 11) is 0. The molecule has 2 aliphatic rings. The van der Waals surface area contributed by atoms with E-state index in [-0.39, 0.29) is 6.04 Å². The fourth-order valence-electron chi connectivity index (χ4n) is 2.94. The Kier molecular flexibility index (Phi) is 3.65. The van der Waals surface area contributed by atoms with Crippen molar-refractivity contribution < 1.29 is 0 Å². The lowest BCUT2D eigenvalue weighted by atomic mass is 10.1. The van der Waals surface area contributed by atoms with Gasteiger partial charge in [0.25, 0.3) is 0 Å². The molecular weight excluding hydrogens is 186 g/mol. The minimum Gasteiger partial charge on any atom is -0.327 e. The standard InChI is InChI=1S/C12H25N3/c1-10(13)11(2)15-8-4-7-14-6-3-5-12(14)9-15/h10-12H,3-9,13H2,1-2H3. The van der Waals surface area contributed by atoms with E-state index in [0.717, 1.165) is 6.04 Å².